The van der Waals surface area contributed by atoms with Crippen LogP contribution in [-0.2, 0) is 4.79 Å². The lowest BCUT2D eigenvalue weighted by Gasteiger charge is -2.09. The van der Waals surface area contributed by atoms with Crippen LogP contribution in [0.4, 0.5) is 0 Å². The number of amides is 1. The predicted molar refractivity (Wildman–Crippen MR) is 109 cm³/mol. The van der Waals surface area contributed by atoms with Crippen molar-refractivity contribution in [1.82, 2.24) is 0 Å². The summed E-state index contributed by atoms with van der Waals surface area (Å²) in [6, 6.07) is 0. The molecule has 2 N–H and O–H groups in total. The largest absolute Gasteiger partial charge is 0.369 e. The number of hydrogen-bond donors (Lipinski definition) is 1. The number of nitrogens with two attached hydrogens (primary N) is 1. The zero-order valence-electron chi connectivity index (χ0n) is 16.3. The van der Waals surface area contributed by atoms with E-state index in [1.807, 2.05) is 0 Å². The first-order valence-corrected chi connectivity index (χ1v) is 10.5. The molecule has 0 saturated heterocycles. The van der Waals surface area contributed by atoms with Crippen LogP contribution in [0.3, 0.4) is 0 Å². The molecule has 1 rings (SSSR count). The third kappa shape index (κ3) is 12.7. The Bertz CT molecular complexity index is 418. The van der Waals surface area contributed by atoms with Crippen LogP contribution in [0.25, 0.3) is 0 Å². The number of rotatable bonds is 16. The van der Waals surface area contributed by atoms with E-state index in [2.05, 4.69) is 43.4 Å². The van der Waals surface area contributed by atoms with Gasteiger partial charge in [-0.05, 0) is 76.5 Å². The molecule has 0 aliphatic heterocycles. The maximum absolute atomic E-state index is 11.4. The first-order valence-electron chi connectivity index (χ1n) is 10.5. The number of carbonyl (C=O) groups excluding carboxylic acids is 1. The van der Waals surface area contributed by atoms with Gasteiger partial charge in [0, 0.05) is 5.92 Å². The van der Waals surface area contributed by atoms with Crippen molar-refractivity contribution in [2.75, 3.05) is 0 Å². The summed E-state index contributed by atoms with van der Waals surface area (Å²) in [5.41, 5.74) is 5.47. The van der Waals surface area contributed by atoms with Crippen LogP contribution >= 0.6 is 0 Å². The topological polar surface area (TPSA) is 43.1 Å². The Labute approximate surface area is 155 Å². The second kappa shape index (κ2) is 15.0. The van der Waals surface area contributed by atoms with E-state index < -0.39 is 0 Å². The number of primary amides is 1. The highest BCUT2D eigenvalue weighted by Crippen LogP contribution is 2.38. The molecule has 1 atom stereocenters. The van der Waals surface area contributed by atoms with E-state index in [1.54, 1.807) is 0 Å². The van der Waals surface area contributed by atoms with Gasteiger partial charge in [-0.2, -0.15) is 0 Å². The Morgan fingerprint density at radius 1 is 0.840 bits per heavy atom. The van der Waals surface area contributed by atoms with Crippen molar-refractivity contribution in [3.63, 3.8) is 0 Å². The molecule has 0 aromatic heterocycles. The van der Waals surface area contributed by atoms with E-state index in [4.69, 9.17) is 5.73 Å². The minimum absolute atomic E-state index is 0.102. The van der Waals surface area contributed by atoms with Gasteiger partial charge in [0.1, 0.15) is 0 Å². The van der Waals surface area contributed by atoms with E-state index in [1.165, 1.54) is 57.8 Å². The van der Waals surface area contributed by atoms with Crippen molar-refractivity contribution in [3.05, 3.63) is 36.5 Å². The highest BCUT2D eigenvalue weighted by Gasteiger charge is 2.33. The standard InChI is InChI=1S/C23H39NO/c1-2-3-4-5-6-7-8-9-10-11-12-13-14-15-16-17-18-22(23(24)25)21-19-20-21/h6-7,11-12,15-16,21-22H,2-5,8-10,13-14,17-20H2,1H3,(H2,24,25). The molecule has 1 unspecified atom stereocenters. The van der Waals surface area contributed by atoms with Crippen molar-refractivity contribution in [2.45, 2.75) is 90.4 Å². The fourth-order valence-electron chi connectivity index (χ4n) is 3.15. The molecule has 0 bridgehead atoms. The van der Waals surface area contributed by atoms with Gasteiger partial charge >= 0.3 is 0 Å². The van der Waals surface area contributed by atoms with Crippen LogP contribution in [0.1, 0.15) is 90.4 Å². The minimum Gasteiger partial charge on any atom is -0.369 e. The predicted octanol–water partition coefficient (Wildman–Crippen LogP) is 6.48. The van der Waals surface area contributed by atoms with Gasteiger partial charge in [0.2, 0.25) is 5.91 Å². The highest BCUT2D eigenvalue weighted by atomic mass is 16.1. The summed E-state index contributed by atoms with van der Waals surface area (Å²) in [5.74, 6) is 0.597. The van der Waals surface area contributed by atoms with Crippen LogP contribution < -0.4 is 5.73 Å². The fraction of sp³-hybridized carbons (Fsp3) is 0.696. The summed E-state index contributed by atoms with van der Waals surface area (Å²) in [7, 11) is 0. The van der Waals surface area contributed by atoms with Gasteiger partial charge in [-0.15, -0.1) is 0 Å². The third-order valence-corrected chi connectivity index (χ3v) is 4.92. The van der Waals surface area contributed by atoms with Gasteiger partial charge in [-0.25, -0.2) is 0 Å². The molecule has 0 heterocycles. The van der Waals surface area contributed by atoms with Gasteiger partial charge in [-0.1, -0.05) is 56.2 Å². The molecule has 2 nitrogen and oxygen atoms in total. The van der Waals surface area contributed by atoms with Gasteiger partial charge in [0.25, 0.3) is 0 Å². The average molecular weight is 346 g/mol. The summed E-state index contributed by atoms with van der Waals surface area (Å²) >= 11 is 0. The molecule has 1 aliphatic carbocycles. The molecule has 1 saturated carbocycles. The normalized spacial score (nSPS) is 16.4. The number of hydrogen-bond acceptors (Lipinski definition) is 1. The summed E-state index contributed by atoms with van der Waals surface area (Å²) < 4.78 is 0. The number of unbranched alkanes of at least 4 members (excludes halogenated alkanes) is 6. The Balaban J connectivity index is 1.90. The second-order valence-corrected chi connectivity index (χ2v) is 7.34. The number of carbonyl (C=O) groups is 1. The van der Waals surface area contributed by atoms with E-state index >= 15 is 0 Å². The van der Waals surface area contributed by atoms with E-state index in [0.717, 1.165) is 25.7 Å². The SMILES string of the molecule is CCCCCC=CCCCC=CCCC=CCCC(C(N)=O)C1CC1. The molecule has 1 fully saturated rings. The smallest absolute Gasteiger partial charge is 0.220 e. The van der Waals surface area contributed by atoms with E-state index in [0.29, 0.717) is 5.92 Å². The Morgan fingerprint density at radius 3 is 1.88 bits per heavy atom. The number of allylic oxidation sites excluding steroid dienone is 6. The van der Waals surface area contributed by atoms with Crippen molar-refractivity contribution < 1.29 is 4.79 Å². The van der Waals surface area contributed by atoms with Gasteiger partial charge in [-0.3, -0.25) is 4.79 Å². The highest BCUT2D eigenvalue weighted by molar-refractivity contribution is 5.77. The summed E-state index contributed by atoms with van der Waals surface area (Å²) in [5, 5.41) is 0. The molecule has 1 amide bonds. The van der Waals surface area contributed by atoms with Crippen molar-refractivity contribution in [3.8, 4) is 0 Å². The van der Waals surface area contributed by atoms with Crippen molar-refractivity contribution in [1.29, 1.82) is 0 Å². The van der Waals surface area contributed by atoms with Crippen molar-refractivity contribution in [2.24, 2.45) is 17.6 Å². The Morgan fingerprint density at radius 2 is 1.36 bits per heavy atom. The summed E-state index contributed by atoms with van der Waals surface area (Å²) in [4.78, 5) is 11.4. The quantitative estimate of drug-likeness (QED) is 0.252. The lowest BCUT2D eigenvalue weighted by molar-refractivity contribution is -0.122. The molecule has 2 heteroatoms. The molecule has 1 aliphatic rings. The Kier molecular flexibility index (Phi) is 13.0. The first-order chi connectivity index (χ1) is 12.3. The average Bonchev–Trinajstić information content (AvgIpc) is 3.42. The van der Waals surface area contributed by atoms with Gasteiger partial charge in [0.05, 0.1) is 0 Å². The molecular formula is C23H39NO. The second-order valence-electron chi connectivity index (χ2n) is 7.34. The third-order valence-electron chi connectivity index (χ3n) is 4.92. The maximum atomic E-state index is 11.4. The maximum Gasteiger partial charge on any atom is 0.220 e. The molecule has 142 valence electrons. The van der Waals surface area contributed by atoms with Crippen LogP contribution in [-0.4, -0.2) is 5.91 Å². The van der Waals surface area contributed by atoms with Crippen LogP contribution in [0, 0.1) is 11.8 Å². The van der Waals surface area contributed by atoms with Gasteiger partial charge in [0.15, 0.2) is 0 Å². The van der Waals surface area contributed by atoms with Crippen LogP contribution in [0.5, 0.6) is 0 Å². The van der Waals surface area contributed by atoms with Crippen LogP contribution in [0.2, 0.25) is 0 Å². The monoisotopic (exact) mass is 345 g/mol. The van der Waals surface area contributed by atoms with Crippen LogP contribution in [0.15, 0.2) is 36.5 Å². The summed E-state index contributed by atoms with van der Waals surface area (Å²) in [6.07, 6.45) is 29.2. The molecule has 25 heavy (non-hydrogen) atoms. The summed E-state index contributed by atoms with van der Waals surface area (Å²) in [6.45, 7) is 2.25. The molecule has 0 radical (unpaired) electrons. The Hall–Kier alpha value is -1.31. The molecule has 0 spiro atoms. The molecular weight excluding hydrogens is 306 g/mol. The fourth-order valence-corrected chi connectivity index (χ4v) is 3.15. The first kappa shape index (κ1) is 21.7. The van der Waals surface area contributed by atoms with E-state index in [-0.39, 0.29) is 11.8 Å². The zero-order chi connectivity index (χ0) is 18.2. The minimum atomic E-state index is -0.102. The van der Waals surface area contributed by atoms with Crippen molar-refractivity contribution >= 4 is 5.91 Å². The molecule has 0 aromatic rings. The zero-order valence-corrected chi connectivity index (χ0v) is 16.3. The lowest BCUT2D eigenvalue weighted by atomic mass is 9.97. The molecule has 0 aromatic carbocycles. The van der Waals surface area contributed by atoms with E-state index in [9.17, 15) is 4.79 Å². The lowest BCUT2D eigenvalue weighted by Crippen LogP contribution is -2.24. The van der Waals surface area contributed by atoms with Gasteiger partial charge < -0.3 is 5.73 Å².